The van der Waals surface area contributed by atoms with Gasteiger partial charge in [0.05, 0.1) is 11.7 Å². The van der Waals surface area contributed by atoms with Gasteiger partial charge in [-0.3, -0.25) is 4.79 Å². The molecule has 0 spiro atoms. The second-order valence-electron chi connectivity index (χ2n) is 3.06. The Morgan fingerprint density at radius 1 is 1.50 bits per heavy atom. The van der Waals surface area contributed by atoms with Crippen LogP contribution in [-0.2, 0) is 0 Å². The van der Waals surface area contributed by atoms with Crippen molar-refractivity contribution in [2.45, 2.75) is 20.0 Å². The second-order valence-corrected chi connectivity index (χ2v) is 3.91. The molecule has 1 rings (SSSR count). The average Bonchev–Trinajstić information content (AvgIpc) is 2.10. The maximum Gasteiger partial charge on any atom is 0.176 e. The molecule has 76 valence electrons. The molecule has 2 nitrogen and oxygen atoms in total. The second kappa shape index (κ2) is 4.55. The van der Waals surface area contributed by atoms with Crippen molar-refractivity contribution in [3.05, 3.63) is 28.0 Å². The molecule has 0 atom stereocenters. The monoisotopic (exact) mass is 260 g/mol. The van der Waals surface area contributed by atoms with Crippen molar-refractivity contribution < 1.29 is 13.9 Å². The van der Waals surface area contributed by atoms with Crippen LogP contribution in [0.15, 0.2) is 16.6 Å². The lowest BCUT2D eigenvalue weighted by Gasteiger charge is -2.11. The molecule has 0 N–H and O–H groups in total. The molecule has 0 aliphatic heterocycles. The van der Waals surface area contributed by atoms with Crippen LogP contribution in [0.3, 0.4) is 0 Å². The van der Waals surface area contributed by atoms with E-state index in [-0.39, 0.29) is 17.4 Å². The molecule has 0 unspecified atom stereocenters. The lowest BCUT2D eigenvalue weighted by molar-refractivity contribution is 0.111. The Morgan fingerprint density at radius 2 is 2.14 bits per heavy atom. The first-order valence-corrected chi connectivity index (χ1v) is 4.95. The summed E-state index contributed by atoms with van der Waals surface area (Å²) < 4.78 is 19.1. The fraction of sp³-hybridized carbons (Fsp3) is 0.300. The van der Waals surface area contributed by atoms with E-state index in [1.165, 1.54) is 6.07 Å². The first-order valence-electron chi connectivity index (χ1n) is 4.16. The highest BCUT2D eigenvalue weighted by Crippen LogP contribution is 2.26. The smallest absolute Gasteiger partial charge is 0.176 e. The number of benzene rings is 1. The van der Waals surface area contributed by atoms with E-state index in [2.05, 4.69) is 15.9 Å². The summed E-state index contributed by atoms with van der Waals surface area (Å²) in [6.07, 6.45) is 0.345. The molecule has 4 heteroatoms. The third-order valence-corrected chi connectivity index (χ3v) is 2.26. The maximum absolute atomic E-state index is 13.5. The average molecular weight is 261 g/mol. The zero-order chi connectivity index (χ0) is 10.7. The highest BCUT2D eigenvalue weighted by atomic mass is 79.9. The van der Waals surface area contributed by atoms with Crippen molar-refractivity contribution in [2.75, 3.05) is 0 Å². The molecule has 0 radical (unpaired) electrons. The summed E-state index contributed by atoms with van der Waals surface area (Å²) in [5.74, 6) is -0.520. The third kappa shape index (κ3) is 2.32. The first kappa shape index (κ1) is 11.2. The van der Waals surface area contributed by atoms with Crippen LogP contribution < -0.4 is 4.74 Å². The van der Waals surface area contributed by atoms with E-state index in [0.717, 1.165) is 0 Å². The topological polar surface area (TPSA) is 26.3 Å². The largest absolute Gasteiger partial charge is 0.488 e. The predicted molar refractivity (Wildman–Crippen MR) is 55.3 cm³/mol. The highest BCUT2D eigenvalue weighted by molar-refractivity contribution is 9.10. The van der Waals surface area contributed by atoms with Gasteiger partial charge in [-0.1, -0.05) is 0 Å². The number of carbonyl (C=O) groups excluding carboxylic acids is 1. The Labute approximate surface area is 90.2 Å². The van der Waals surface area contributed by atoms with Crippen LogP contribution >= 0.6 is 15.9 Å². The van der Waals surface area contributed by atoms with Gasteiger partial charge in [0.2, 0.25) is 0 Å². The normalized spacial score (nSPS) is 10.4. The highest BCUT2D eigenvalue weighted by Gasteiger charge is 2.13. The Morgan fingerprint density at radius 3 is 2.64 bits per heavy atom. The molecule has 14 heavy (non-hydrogen) atoms. The zero-order valence-corrected chi connectivity index (χ0v) is 9.47. The van der Waals surface area contributed by atoms with Crippen LogP contribution in [0.1, 0.15) is 24.2 Å². The van der Waals surface area contributed by atoms with E-state index in [9.17, 15) is 9.18 Å². The van der Waals surface area contributed by atoms with Gasteiger partial charge < -0.3 is 4.74 Å². The summed E-state index contributed by atoms with van der Waals surface area (Å²) in [7, 11) is 0. The molecule has 1 aromatic carbocycles. The summed E-state index contributed by atoms with van der Waals surface area (Å²) >= 11 is 3.08. The van der Waals surface area contributed by atoms with Crippen molar-refractivity contribution in [1.29, 1.82) is 0 Å². The SMILES string of the molecule is CC(C)Oc1ccc(Br)c(C=O)c1F. The Hall–Kier alpha value is -0.900. The van der Waals surface area contributed by atoms with Gasteiger partial charge in [0.15, 0.2) is 17.9 Å². The maximum atomic E-state index is 13.5. The molecule has 0 aliphatic carbocycles. The van der Waals surface area contributed by atoms with Crippen molar-refractivity contribution in [2.24, 2.45) is 0 Å². The Kier molecular flexibility index (Phi) is 3.63. The summed E-state index contributed by atoms with van der Waals surface area (Å²) in [5.41, 5.74) is -0.0110. The molecule has 0 aromatic heterocycles. The number of ether oxygens (including phenoxy) is 1. The summed E-state index contributed by atoms with van der Waals surface area (Å²) in [6, 6.07) is 3.08. The molecular formula is C10H10BrFO2. The van der Waals surface area contributed by atoms with Crippen molar-refractivity contribution >= 4 is 22.2 Å². The van der Waals surface area contributed by atoms with Crippen molar-refractivity contribution in [1.82, 2.24) is 0 Å². The van der Waals surface area contributed by atoms with Crippen LogP contribution in [0.5, 0.6) is 5.75 Å². The molecule has 0 saturated carbocycles. The van der Waals surface area contributed by atoms with Crippen LogP contribution in [0.25, 0.3) is 0 Å². The van der Waals surface area contributed by atoms with Gasteiger partial charge in [-0.05, 0) is 41.9 Å². The molecule has 0 aliphatic rings. The first-order chi connectivity index (χ1) is 6.56. The molecule has 0 amide bonds. The van der Waals surface area contributed by atoms with E-state index < -0.39 is 5.82 Å². The zero-order valence-electron chi connectivity index (χ0n) is 7.88. The number of rotatable bonds is 3. The minimum atomic E-state index is -0.622. The van der Waals surface area contributed by atoms with E-state index in [0.29, 0.717) is 10.8 Å². The number of halogens is 2. The van der Waals surface area contributed by atoms with E-state index in [1.54, 1.807) is 19.9 Å². The Balaban J connectivity index is 3.14. The molecule has 0 saturated heterocycles. The van der Waals surface area contributed by atoms with Gasteiger partial charge in [0, 0.05) is 4.47 Å². The fourth-order valence-electron chi connectivity index (χ4n) is 1.00. The van der Waals surface area contributed by atoms with Gasteiger partial charge in [-0.25, -0.2) is 4.39 Å². The molecule has 1 aromatic rings. The summed E-state index contributed by atoms with van der Waals surface area (Å²) in [5, 5.41) is 0. The van der Waals surface area contributed by atoms with Gasteiger partial charge in [0.1, 0.15) is 0 Å². The molecule has 0 heterocycles. The summed E-state index contributed by atoms with van der Waals surface area (Å²) in [6.45, 7) is 3.59. The van der Waals surface area contributed by atoms with Crippen molar-refractivity contribution in [3.63, 3.8) is 0 Å². The van der Waals surface area contributed by atoms with Gasteiger partial charge >= 0.3 is 0 Å². The van der Waals surface area contributed by atoms with Gasteiger partial charge in [-0.2, -0.15) is 0 Å². The number of hydrogen-bond donors (Lipinski definition) is 0. The van der Waals surface area contributed by atoms with E-state index in [1.807, 2.05) is 0 Å². The third-order valence-electron chi connectivity index (χ3n) is 1.57. The van der Waals surface area contributed by atoms with E-state index in [4.69, 9.17) is 4.74 Å². The fourth-order valence-corrected chi connectivity index (χ4v) is 1.40. The lowest BCUT2D eigenvalue weighted by atomic mass is 10.2. The number of hydrogen-bond acceptors (Lipinski definition) is 2. The number of aldehydes is 1. The summed E-state index contributed by atoms with van der Waals surface area (Å²) in [4.78, 5) is 10.6. The predicted octanol–water partition coefficient (Wildman–Crippen LogP) is 3.19. The van der Waals surface area contributed by atoms with Gasteiger partial charge in [0.25, 0.3) is 0 Å². The Bertz CT molecular complexity index is 350. The van der Waals surface area contributed by atoms with Crippen LogP contribution in [0.4, 0.5) is 4.39 Å². The minimum Gasteiger partial charge on any atom is -0.488 e. The molecule has 0 fully saturated rings. The van der Waals surface area contributed by atoms with Crippen LogP contribution in [0, 0.1) is 5.82 Å². The van der Waals surface area contributed by atoms with Crippen LogP contribution in [-0.4, -0.2) is 12.4 Å². The molecular weight excluding hydrogens is 251 g/mol. The van der Waals surface area contributed by atoms with Gasteiger partial charge in [-0.15, -0.1) is 0 Å². The minimum absolute atomic E-state index is 0.0110. The quantitative estimate of drug-likeness (QED) is 0.781. The lowest BCUT2D eigenvalue weighted by Crippen LogP contribution is -2.08. The van der Waals surface area contributed by atoms with Crippen LogP contribution in [0.2, 0.25) is 0 Å². The standard InChI is InChI=1S/C10H10BrFO2/c1-6(2)14-9-4-3-8(11)7(5-13)10(9)12/h3-6H,1-2H3. The molecule has 0 bridgehead atoms. The number of carbonyl (C=O) groups is 1. The van der Waals surface area contributed by atoms with Crippen molar-refractivity contribution in [3.8, 4) is 5.75 Å². The van der Waals surface area contributed by atoms with E-state index >= 15 is 0 Å².